The number of carbonyl (C=O) groups excluding carboxylic acids is 1. The van der Waals surface area contributed by atoms with Gasteiger partial charge in [-0.15, -0.1) is 0 Å². The minimum Gasteiger partial charge on any atom is -0.459 e. The summed E-state index contributed by atoms with van der Waals surface area (Å²) in [5.41, 5.74) is 0.207. The number of benzene rings is 1. The van der Waals surface area contributed by atoms with Crippen LogP contribution in [0.4, 0.5) is 18.9 Å². The first-order valence-electron chi connectivity index (χ1n) is 9.63. The number of nitrogens with one attached hydrogen (secondary N) is 1. The van der Waals surface area contributed by atoms with Crippen LogP contribution in [0.25, 0.3) is 0 Å². The predicted molar refractivity (Wildman–Crippen MR) is 103 cm³/mol. The molecule has 2 aliphatic heterocycles. The molecule has 2 aromatic rings. The van der Waals surface area contributed by atoms with E-state index in [1.165, 1.54) is 10.4 Å². The van der Waals surface area contributed by atoms with Gasteiger partial charge in [-0.05, 0) is 49.1 Å². The van der Waals surface area contributed by atoms with Crippen LogP contribution in [-0.2, 0) is 27.4 Å². The van der Waals surface area contributed by atoms with Gasteiger partial charge in [0, 0.05) is 24.8 Å². The SMILES string of the molecule is O=C1CCc2cc(S(=O)(=O)N3CCCC(Oc4nccc(C(F)(F)F)n4)C3)ccc2N1. The van der Waals surface area contributed by atoms with E-state index in [0.717, 1.165) is 17.8 Å². The molecule has 0 aliphatic carbocycles. The Morgan fingerprint density at radius 2 is 2.00 bits per heavy atom. The van der Waals surface area contributed by atoms with Crippen molar-refractivity contribution in [3.05, 3.63) is 41.7 Å². The number of hydrogen-bond donors (Lipinski definition) is 1. The van der Waals surface area contributed by atoms with Gasteiger partial charge in [-0.1, -0.05) is 0 Å². The van der Waals surface area contributed by atoms with Gasteiger partial charge in [0.15, 0.2) is 5.69 Å². The summed E-state index contributed by atoms with van der Waals surface area (Å²) < 4.78 is 71.5. The fourth-order valence-corrected chi connectivity index (χ4v) is 5.15. The number of amides is 1. The zero-order valence-electron chi connectivity index (χ0n) is 16.2. The van der Waals surface area contributed by atoms with Crippen LogP contribution in [0.1, 0.15) is 30.5 Å². The van der Waals surface area contributed by atoms with Crippen molar-refractivity contribution in [2.24, 2.45) is 0 Å². The summed E-state index contributed by atoms with van der Waals surface area (Å²) in [5.74, 6) is -0.115. The highest BCUT2D eigenvalue weighted by molar-refractivity contribution is 7.89. The highest BCUT2D eigenvalue weighted by atomic mass is 32.2. The molecule has 4 rings (SSSR count). The largest absolute Gasteiger partial charge is 0.459 e. The smallest absolute Gasteiger partial charge is 0.433 e. The number of anilines is 1. The lowest BCUT2D eigenvalue weighted by Crippen LogP contribution is -2.44. The lowest BCUT2D eigenvalue weighted by atomic mass is 10.0. The molecule has 1 amide bonds. The Kier molecular flexibility index (Phi) is 5.60. The number of aromatic nitrogens is 2. The van der Waals surface area contributed by atoms with Crippen molar-refractivity contribution in [2.75, 3.05) is 18.4 Å². The molecule has 12 heteroatoms. The molecule has 2 aliphatic rings. The topological polar surface area (TPSA) is 101 Å². The fourth-order valence-electron chi connectivity index (χ4n) is 3.59. The molecule has 0 radical (unpaired) electrons. The van der Waals surface area contributed by atoms with Crippen LogP contribution in [0, 0.1) is 0 Å². The Hall–Kier alpha value is -2.73. The summed E-state index contributed by atoms with van der Waals surface area (Å²) in [7, 11) is -3.85. The van der Waals surface area contributed by atoms with E-state index in [1.807, 2.05) is 0 Å². The number of fused-ring (bicyclic) bond motifs is 1. The fraction of sp³-hybridized carbons (Fsp3) is 0.421. The molecular formula is C19H19F3N4O4S. The number of piperidine rings is 1. The van der Waals surface area contributed by atoms with Gasteiger partial charge in [0.25, 0.3) is 0 Å². The molecule has 1 aromatic carbocycles. The van der Waals surface area contributed by atoms with Gasteiger partial charge in [-0.2, -0.15) is 22.5 Å². The summed E-state index contributed by atoms with van der Waals surface area (Å²) in [4.78, 5) is 18.7. The Morgan fingerprint density at radius 1 is 1.19 bits per heavy atom. The number of nitrogens with zero attached hydrogens (tertiary/aromatic N) is 3. The maximum absolute atomic E-state index is 13.1. The van der Waals surface area contributed by atoms with Crippen molar-refractivity contribution >= 4 is 21.6 Å². The normalized spacial score (nSPS) is 20.1. The van der Waals surface area contributed by atoms with Gasteiger partial charge < -0.3 is 10.1 Å². The summed E-state index contributed by atoms with van der Waals surface area (Å²) >= 11 is 0. The second-order valence-corrected chi connectivity index (χ2v) is 9.27. The van der Waals surface area contributed by atoms with Crippen molar-refractivity contribution < 1.29 is 31.1 Å². The number of aryl methyl sites for hydroxylation is 1. The maximum atomic E-state index is 13.1. The Labute approximate surface area is 176 Å². The van der Waals surface area contributed by atoms with E-state index >= 15 is 0 Å². The highest BCUT2D eigenvalue weighted by Crippen LogP contribution is 2.30. The number of halogens is 3. The second kappa shape index (κ2) is 8.08. The molecule has 166 valence electrons. The van der Waals surface area contributed by atoms with E-state index in [-0.39, 0.29) is 30.3 Å². The average molecular weight is 456 g/mol. The number of sulfonamides is 1. The number of carbonyl (C=O) groups is 1. The van der Waals surface area contributed by atoms with E-state index in [0.29, 0.717) is 24.9 Å². The highest BCUT2D eigenvalue weighted by Gasteiger charge is 2.35. The molecule has 1 aromatic heterocycles. The van der Waals surface area contributed by atoms with Crippen LogP contribution in [0.2, 0.25) is 0 Å². The van der Waals surface area contributed by atoms with E-state index < -0.39 is 34.0 Å². The van der Waals surface area contributed by atoms with Gasteiger partial charge in [0.05, 0.1) is 11.4 Å². The summed E-state index contributed by atoms with van der Waals surface area (Å²) in [6, 6.07) is 4.84. The third-order valence-corrected chi connectivity index (χ3v) is 7.01. The van der Waals surface area contributed by atoms with Gasteiger partial charge in [0.1, 0.15) is 6.10 Å². The van der Waals surface area contributed by atoms with Crippen LogP contribution in [0.5, 0.6) is 6.01 Å². The summed E-state index contributed by atoms with van der Waals surface area (Å²) in [6.45, 7) is 0.231. The van der Waals surface area contributed by atoms with E-state index in [1.54, 1.807) is 12.1 Å². The van der Waals surface area contributed by atoms with Crippen LogP contribution < -0.4 is 10.1 Å². The predicted octanol–water partition coefficient (Wildman–Crippen LogP) is 2.61. The third-order valence-electron chi connectivity index (χ3n) is 5.15. The molecule has 0 spiro atoms. The van der Waals surface area contributed by atoms with Crippen LogP contribution >= 0.6 is 0 Å². The molecule has 31 heavy (non-hydrogen) atoms. The van der Waals surface area contributed by atoms with Gasteiger partial charge >= 0.3 is 12.2 Å². The Bertz CT molecular complexity index is 1110. The van der Waals surface area contributed by atoms with Crippen molar-refractivity contribution in [2.45, 2.75) is 42.9 Å². The third kappa shape index (κ3) is 4.64. The van der Waals surface area contributed by atoms with Crippen molar-refractivity contribution in [1.29, 1.82) is 0 Å². The molecular weight excluding hydrogens is 437 g/mol. The van der Waals surface area contributed by atoms with Crippen LogP contribution in [0.3, 0.4) is 0 Å². The molecule has 1 N–H and O–H groups in total. The standard InChI is InChI=1S/C19H19F3N4O4S/c20-19(21,22)16-7-8-23-18(25-16)30-13-2-1-9-26(11-13)31(28,29)14-4-5-15-12(10-14)3-6-17(27)24-15/h4-5,7-8,10,13H,1-3,6,9,11H2,(H,24,27). The van der Waals surface area contributed by atoms with E-state index in [4.69, 9.17) is 4.74 Å². The van der Waals surface area contributed by atoms with E-state index in [2.05, 4.69) is 15.3 Å². The molecule has 1 saturated heterocycles. The van der Waals surface area contributed by atoms with Crippen LogP contribution in [0.15, 0.2) is 35.4 Å². The van der Waals surface area contributed by atoms with Gasteiger partial charge in [-0.25, -0.2) is 13.4 Å². The van der Waals surface area contributed by atoms with Crippen LogP contribution in [-0.4, -0.2) is 47.8 Å². The lowest BCUT2D eigenvalue weighted by molar-refractivity contribution is -0.141. The summed E-state index contributed by atoms with van der Waals surface area (Å²) in [6.07, 6.45) is -2.69. The van der Waals surface area contributed by atoms with Crippen molar-refractivity contribution in [3.8, 4) is 6.01 Å². The minimum atomic E-state index is -4.63. The first kappa shape index (κ1) is 21.5. The zero-order valence-corrected chi connectivity index (χ0v) is 17.0. The number of alkyl halides is 3. The Balaban J connectivity index is 1.50. The van der Waals surface area contributed by atoms with Gasteiger partial charge in [0.2, 0.25) is 15.9 Å². The molecule has 0 bridgehead atoms. The summed E-state index contributed by atoms with van der Waals surface area (Å²) in [5, 5.41) is 2.71. The molecule has 1 atom stereocenters. The number of rotatable bonds is 4. The zero-order chi connectivity index (χ0) is 22.2. The minimum absolute atomic E-state index is 0.0320. The van der Waals surface area contributed by atoms with Crippen molar-refractivity contribution in [3.63, 3.8) is 0 Å². The first-order chi connectivity index (χ1) is 14.6. The monoisotopic (exact) mass is 456 g/mol. The quantitative estimate of drug-likeness (QED) is 0.759. The molecule has 1 unspecified atom stereocenters. The first-order valence-corrected chi connectivity index (χ1v) is 11.1. The molecule has 0 saturated carbocycles. The molecule has 1 fully saturated rings. The number of hydrogen-bond acceptors (Lipinski definition) is 6. The number of ether oxygens (including phenoxy) is 1. The maximum Gasteiger partial charge on any atom is 0.433 e. The lowest BCUT2D eigenvalue weighted by Gasteiger charge is -2.31. The second-order valence-electron chi connectivity index (χ2n) is 7.33. The molecule has 3 heterocycles. The van der Waals surface area contributed by atoms with E-state index in [9.17, 15) is 26.4 Å². The Morgan fingerprint density at radius 3 is 2.77 bits per heavy atom. The average Bonchev–Trinajstić information content (AvgIpc) is 2.73. The van der Waals surface area contributed by atoms with Gasteiger partial charge in [-0.3, -0.25) is 4.79 Å². The van der Waals surface area contributed by atoms with Crippen molar-refractivity contribution in [1.82, 2.24) is 14.3 Å². The molecule has 8 nitrogen and oxygen atoms in total.